The number of ketones is 1. The first-order valence-electron chi connectivity index (χ1n) is 7.06. The summed E-state index contributed by atoms with van der Waals surface area (Å²) in [7, 11) is 0. The van der Waals surface area contributed by atoms with Gasteiger partial charge in [-0.2, -0.15) is 0 Å². The van der Waals surface area contributed by atoms with Crippen molar-refractivity contribution in [3.8, 4) is 0 Å². The predicted molar refractivity (Wildman–Crippen MR) is 86.5 cm³/mol. The lowest BCUT2D eigenvalue weighted by Gasteiger charge is -2.43. The molecule has 0 saturated carbocycles. The van der Waals surface area contributed by atoms with Crippen LogP contribution in [-0.2, 0) is 4.79 Å². The topological polar surface area (TPSA) is 54.5 Å². The molecule has 22 heavy (non-hydrogen) atoms. The number of carbonyl (C=O) groups is 3. The van der Waals surface area contributed by atoms with Crippen molar-refractivity contribution in [3.05, 3.63) is 35.4 Å². The molecule has 0 N–H and O–H groups in total. The highest BCUT2D eigenvalue weighted by molar-refractivity contribution is 8.01. The molecule has 2 aliphatic rings. The fraction of sp³-hybridized carbons (Fsp3) is 0.438. The Bertz CT molecular complexity index is 661. The maximum absolute atomic E-state index is 13.0. The summed E-state index contributed by atoms with van der Waals surface area (Å²) >= 11 is 7.47. The Kier molecular flexibility index (Phi) is 3.81. The highest BCUT2D eigenvalue weighted by atomic mass is 35.5. The van der Waals surface area contributed by atoms with Gasteiger partial charge in [-0.15, -0.1) is 23.4 Å². The van der Waals surface area contributed by atoms with Crippen LogP contribution in [0.25, 0.3) is 0 Å². The van der Waals surface area contributed by atoms with Gasteiger partial charge in [0.15, 0.2) is 12.1 Å². The van der Waals surface area contributed by atoms with E-state index in [0.717, 1.165) is 0 Å². The van der Waals surface area contributed by atoms with E-state index in [1.165, 1.54) is 0 Å². The third-order valence-corrected chi connectivity index (χ3v) is 6.28. The van der Waals surface area contributed by atoms with Gasteiger partial charge in [0.2, 0.25) is 5.91 Å². The number of nitrogens with zero attached hydrogens (tertiary/aromatic N) is 1. The predicted octanol–water partition coefficient (Wildman–Crippen LogP) is 2.60. The largest absolute Gasteiger partial charge is 0.318 e. The maximum Gasteiger partial charge on any atom is 0.231 e. The summed E-state index contributed by atoms with van der Waals surface area (Å²) in [4.78, 5) is 38.1. The van der Waals surface area contributed by atoms with Crippen LogP contribution in [0, 0.1) is 5.92 Å². The summed E-state index contributed by atoms with van der Waals surface area (Å²) in [6.45, 7) is 3.92. The average Bonchev–Trinajstić information content (AvgIpc) is 2.75. The molecule has 0 spiro atoms. The van der Waals surface area contributed by atoms with Crippen molar-refractivity contribution in [2.75, 3.05) is 5.88 Å². The van der Waals surface area contributed by atoms with Crippen molar-refractivity contribution in [1.82, 2.24) is 4.90 Å². The summed E-state index contributed by atoms with van der Waals surface area (Å²) in [6, 6.07) is 6.15. The number of amides is 1. The number of carbonyl (C=O) groups excluding carboxylic acids is 3. The van der Waals surface area contributed by atoms with Crippen LogP contribution >= 0.6 is 23.4 Å². The summed E-state index contributed by atoms with van der Waals surface area (Å²) in [5.41, 5.74) is 0.734. The van der Waals surface area contributed by atoms with E-state index in [1.807, 2.05) is 13.8 Å². The Balaban J connectivity index is 1.98. The molecule has 116 valence electrons. The molecule has 3 rings (SSSR count). The smallest absolute Gasteiger partial charge is 0.231 e. The van der Waals surface area contributed by atoms with Crippen molar-refractivity contribution in [2.24, 2.45) is 5.92 Å². The molecule has 0 aliphatic carbocycles. The summed E-state index contributed by atoms with van der Waals surface area (Å²) < 4.78 is -0.409. The van der Waals surface area contributed by atoms with Crippen LogP contribution in [0.3, 0.4) is 0 Å². The standard InChI is InChI=1S/C16H16ClNO3S/c1-16(2)13(18-14(21)11(7-17)15(18)22-16)12(20)10-6-4-3-5-9(10)8-19/h3-6,8,11,13,15H,7H2,1-2H3/t11-,13+,15-/m1/s1. The Labute approximate surface area is 138 Å². The van der Waals surface area contributed by atoms with E-state index in [2.05, 4.69) is 0 Å². The van der Waals surface area contributed by atoms with Gasteiger partial charge in [-0.1, -0.05) is 24.3 Å². The van der Waals surface area contributed by atoms with Gasteiger partial charge in [-0.3, -0.25) is 14.4 Å². The fourth-order valence-electron chi connectivity index (χ4n) is 3.23. The van der Waals surface area contributed by atoms with Crippen molar-refractivity contribution >= 4 is 41.3 Å². The maximum atomic E-state index is 13.0. The number of hydrogen-bond acceptors (Lipinski definition) is 4. The molecule has 1 amide bonds. The Morgan fingerprint density at radius 1 is 1.41 bits per heavy atom. The second kappa shape index (κ2) is 5.39. The molecule has 0 bridgehead atoms. The number of hydrogen-bond donors (Lipinski definition) is 0. The lowest BCUT2D eigenvalue weighted by molar-refractivity contribution is -0.150. The molecule has 0 aromatic heterocycles. The minimum absolute atomic E-state index is 0.0441. The van der Waals surface area contributed by atoms with E-state index >= 15 is 0 Å². The Hall–Kier alpha value is -1.33. The number of thioether (sulfide) groups is 1. The minimum Gasteiger partial charge on any atom is -0.318 e. The van der Waals surface area contributed by atoms with Crippen molar-refractivity contribution in [3.63, 3.8) is 0 Å². The van der Waals surface area contributed by atoms with E-state index in [0.29, 0.717) is 17.4 Å². The minimum atomic E-state index is -0.560. The molecule has 4 nitrogen and oxygen atoms in total. The van der Waals surface area contributed by atoms with E-state index in [4.69, 9.17) is 11.6 Å². The normalized spacial score (nSPS) is 29.0. The number of benzene rings is 1. The van der Waals surface area contributed by atoms with E-state index in [9.17, 15) is 14.4 Å². The lowest BCUT2D eigenvalue weighted by atomic mass is 9.87. The van der Waals surface area contributed by atoms with Crippen LogP contribution in [0.4, 0.5) is 0 Å². The molecule has 6 heteroatoms. The number of alkyl halides is 1. The van der Waals surface area contributed by atoms with E-state index in [-0.39, 0.29) is 28.9 Å². The monoisotopic (exact) mass is 337 g/mol. The quantitative estimate of drug-likeness (QED) is 0.367. The number of β-lactam (4-membered cyclic amide) rings is 1. The van der Waals surface area contributed by atoms with Gasteiger partial charge in [0.25, 0.3) is 0 Å². The van der Waals surface area contributed by atoms with Crippen molar-refractivity contribution < 1.29 is 14.4 Å². The van der Waals surface area contributed by atoms with Crippen LogP contribution < -0.4 is 0 Å². The van der Waals surface area contributed by atoms with Crippen LogP contribution in [0.15, 0.2) is 24.3 Å². The first-order valence-corrected chi connectivity index (χ1v) is 8.48. The number of fused-ring (bicyclic) bond motifs is 1. The lowest BCUT2D eigenvalue weighted by Crippen LogP contribution is -2.63. The SMILES string of the molecule is CC1(C)S[C@@H]2[C@H](CCl)C(=O)N2[C@H]1C(=O)c1ccccc1C=O. The second-order valence-electron chi connectivity index (χ2n) is 6.09. The van der Waals surface area contributed by atoms with Gasteiger partial charge in [-0.05, 0) is 13.8 Å². The van der Waals surface area contributed by atoms with Gasteiger partial charge in [0.05, 0.1) is 11.3 Å². The zero-order valence-corrected chi connectivity index (χ0v) is 13.9. The fourth-order valence-corrected chi connectivity index (χ4v) is 5.32. The molecule has 2 saturated heterocycles. The van der Waals surface area contributed by atoms with Crippen LogP contribution in [-0.4, -0.2) is 44.9 Å². The summed E-state index contributed by atoms with van der Waals surface area (Å²) in [6.07, 6.45) is 0.680. The average molecular weight is 338 g/mol. The first-order chi connectivity index (χ1) is 10.4. The first kappa shape index (κ1) is 15.6. The molecular formula is C16H16ClNO3S. The molecular weight excluding hydrogens is 322 g/mol. The van der Waals surface area contributed by atoms with Crippen molar-refractivity contribution in [1.29, 1.82) is 0 Å². The Morgan fingerprint density at radius 3 is 2.73 bits per heavy atom. The number of rotatable bonds is 4. The van der Waals surface area contributed by atoms with Crippen LogP contribution in [0.2, 0.25) is 0 Å². The molecule has 2 fully saturated rings. The number of halogens is 1. The third-order valence-electron chi connectivity index (χ3n) is 4.32. The molecule has 0 unspecified atom stereocenters. The molecule has 1 aromatic carbocycles. The zero-order chi connectivity index (χ0) is 16.1. The van der Waals surface area contributed by atoms with Crippen molar-refractivity contribution in [2.45, 2.75) is 30.0 Å². The van der Waals surface area contributed by atoms with Gasteiger partial charge in [-0.25, -0.2) is 0 Å². The third kappa shape index (κ3) is 2.10. The molecule has 1 aromatic rings. The number of aldehydes is 1. The van der Waals surface area contributed by atoms with Gasteiger partial charge in [0.1, 0.15) is 6.04 Å². The Morgan fingerprint density at radius 2 is 2.09 bits per heavy atom. The highest BCUT2D eigenvalue weighted by Gasteiger charge is 2.62. The molecule has 3 atom stereocenters. The van der Waals surface area contributed by atoms with E-state index in [1.54, 1.807) is 40.9 Å². The number of Topliss-reactive ketones (excluding diaryl/α,β-unsaturated/α-hetero) is 1. The zero-order valence-electron chi connectivity index (χ0n) is 12.3. The second-order valence-corrected chi connectivity index (χ2v) is 8.17. The van der Waals surface area contributed by atoms with Gasteiger partial charge < -0.3 is 4.90 Å². The molecule has 2 heterocycles. The van der Waals surface area contributed by atoms with E-state index < -0.39 is 10.8 Å². The van der Waals surface area contributed by atoms with Crippen LogP contribution in [0.1, 0.15) is 34.6 Å². The summed E-state index contributed by atoms with van der Waals surface area (Å²) in [5, 5.41) is -0.0441. The molecule has 2 aliphatic heterocycles. The van der Waals surface area contributed by atoms with Crippen LogP contribution in [0.5, 0.6) is 0 Å². The summed E-state index contributed by atoms with van der Waals surface area (Å²) in [5.74, 6) is -0.191. The van der Waals surface area contributed by atoms with Gasteiger partial charge in [0, 0.05) is 21.8 Å². The molecule has 0 radical (unpaired) electrons. The highest BCUT2D eigenvalue weighted by Crippen LogP contribution is 2.54. The van der Waals surface area contributed by atoms with Gasteiger partial charge >= 0.3 is 0 Å².